The van der Waals surface area contributed by atoms with E-state index in [-0.39, 0.29) is 0 Å². The topological polar surface area (TPSA) is 75.7 Å². The summed E-state index contributed by atoms with van der Waals surface area (Å²) in [5.74, 6) is 1.56. The molecule has 0 radical (unpaired) electrons. The molecule has 0 saturated carbocycles. The van der Waals surface area contributed by atoms with E-state index >= 15 is 0 Å². The van der Waals surface area contributed by atoms with Gasteiger partial charge in [0.15, 0.2) is 5.65 Å². The number of fused-ring (bicyclic) bond motifs is 1. The summed E-state index contributed by atoms with van der Waals surface area (Å²) >= 11 is 0. The van der Waals surface area contributed by atoms with Gasteiger partial charge in [0.2, 0.25) is 0 Å². The molecule has 2 aromatic heterocycles. The molecule has 0 fully saturated rings. The van der Waals surface area contributed by atoms with Crippen LogP contribution in [0.25, 0.3) is 11.0 Å². The average molecular weight is 255 g/mol. The van der Waals surface area contributed by atoms with E-state index in [1.807, 2.05) is 25.1 Å². The van der Waals surface area contributed by atoms with Crippen molar-refractivity contribution in [1.29, 1.82) is 0 Å². The summed E-state index contributed by atoms with van der Waals surface area (Å²) in [7, 11) is 1.65. The molecule has 19 heavy (non-hydrogen) atoms. The number of aromatic amines is 1. The SMILES string of the molecule is COc1ccc(Nc2ncnc3[nH]ncc23)c(C)c1. The minimum Gasteiger partial charge on any atom is -0.497 e. The summed E-state index contributed by atoms with van der Waals surface area (Å²) in [5.41, 5.74) is 2.76. The second-order valence-electron chi connectivity index (χ2n) is 4.16. The first kappa shape index (κ1) is 11.5. The van der Waals surface area contributed by atoms with Crippen molar-refractivity contribution in [2.75, 3.05) is 12.4 Å². The molecule has 3 aromatic rings. The molecule has 3 rings (SSSR count). The number of methoxy groups -OCH3 is 1. The summed E-state index contributed by atoms with van der Waals surface area (Å²) in [6.07, 6.45) is 3.21. The van der Waals surface area contributed by atoms with Gasteiger partial charge in [0, 0.05) is 5.69 Å². The summed E-state index contributed by atoms with van der Waals surface area (Å²) in [4.78, 5) is 8.35. The molecule has 6 nitrogen and oxygen atoms in total. The van der Waals surface area contributed by atoms with Gasteiger partial charge in [0.1, 0.15) is 17.9 Å². The Morgan fingerprint density at radius 1 is 1.26 bits per heavy atom. The third-order valence-electron chi connectivity index (χ3n) is 2.93. The van der Waals surface area contributed by atoms with Crippen LogP contribution in [0, 0.1) is 6.92 Å². The lowest BCUT2D eigenvalue weighted by Crippen LogP contribution is -1.97. The van der Waals surface area contributed by atoms with E-state index < -0.39 is 0 Å². The average Bonchev–Trinajstić information content (AvgIpc) is 2.90. The first-order valence-electron chi connectivity index (χ1n) is 5.83. The predicted molar refractivity (Wildman–Crippen MR) is 72.7 cm³/mol. The van der Waals surface area contributed by atoms with Gasteiger partial charge in [-0.1, -0.05) is 0 Å². The van der Waals surface area contributed by atoms with Gasteiger partial charge in [-0.05, 0) is 30.7 Å². The van der Waals surface area contributed by atoms with Crippen molar-refractivity contribution in [1.82, 2.24) is 20.2 Å². The zero-order chi connectivity index (χ0) is 13.2. The molecule has 0 spiro atoms. The van der Waals surface area contributed by atoms with Gasteiger partial charge in [-0.25, -0.2) is 9.97 Å². The van der Waals surface area contributed by atoms with Gasteiger partial charge < -0.3 is 10.1 Å². The number of anilines is 2. The van der Waals surface area contributed by atoms with Gasteiger partial charge >= 0.3 is 0 Å². The van der Waals surface area contributed by atoms with Crippen molar-refractivity contribution in [3.63, 3.8) is 0 Å². The molecule has 0 aliphatic carbocycles. The Morgan fingerprint density at radius 2 is 2.16 bits per heavy atom. The number of hydrogen-bond donors (Lipinski definition) is 2. The minimum atomic E-state index is 0.712. The summed E-state index contributed by atoms with van der Waals surface area (Å²) in [6.45, 7) is 2.01. The molecule has 0 aliphatic heterocycles. The van der Waals surface area contributed by atoms with Crippen molar-refractivity contribution in [2.24, 2.45) is 0 Å². The number of hydrogen-bond acceptors (Lipinski definition) is 5. The quantitative estimate of drug-likeness (QED) is 0.751. The van der Waals surface area contributed by atoms with Crippen LogP contribution in [0.2, 0.25) is 0 Å². The first-order valence-corrected chi connectivity index (χ1v) is 5.83. The number of aryl methyl sites for hydroxylation is 1. The highest BCUT2D eigenvalue weighted by atomic mass is 16.5. The number of nitrogens with one attached hydrogen (secondary N) is 2. The summed E-state index contributed by atoms with van der Waals surface area (Å²) in [5, 5.41) is 10.9. The lowest BCUT2D eigenvalue weighted by atomic mass is 10.2. The van der Waals surface area contributed by atoms with E-state index in [1.165, 1.54) is 6.33 Å². The van der Waals surface area contributed by atoms with Gasteiger partial charge in [0.05, 0.1) is 18.7 Å². The zero-order valence-electron chi connectivity index (χ0n) is 10.6. The minimum absolute atomic E-state index is 0.712. The molecular formula is C13H13N5O. The Labute approximate surface area is 109 Å². The van der Waals surface area contributed by atoms with Crippen LogP contribution in [-0.2, 0) is 0 Å². The Kier molecular flexibility index (Phi) is 2.75. The van der Waals surface area contributed by atoms with Crippen molar-refractivity contribution in [2.45, 2.75) is 6.92 Å². The van der Waals surface area contributed by atoms with Crippen LogP contribution in [-0.4, -0.2) is 27.3 Å². The molecule has 2 N–H and O–H groups in total. The Bertz CT molecular complexity index is 722. The van der Waals surface area contributed by atoms with E-state index in [0.29, 0.717) is 5.65 Å². The van der Waals surface area contributed by atoms with Crippen LogP contribution in [0.5, 0.6) is 5.75 Å². The lowest BCUT2D eigenvalue weighted by Gasteiger charge is -2.10. The molecule has 96 valence electrons. The van der Waals surface area contributed by atoms with Crippen molar-refractivity contribution in [3.05, 3.63) is 36.3 Å². The molecule has 0 amide bonds. The predicted octanol–water partition coefficient (Wildman–Crippen LogP) is 2.41. The van der Waals surface area contributed by atoms with E-state index in [9.17, 15) is 0 Å². The number of nitrogens with zero attached hydrogens (tertiary/aromatic N) is 3. The smallest absolute Gasteiger partial charge is 0.160 e. The second kappa shape index (κ2) is 4.56. The largest absolute Gasteiger partial charge is 0.497 e. The van der Waals surface area contributed by atoms with E-state index in [0.717, 1.165) is 28.2 Å². The van der Waals surface area contributed by atoms with Crippen LogP contribution < -0.4 is 10.1 Å². The van der Waals surface area contributed by atoms with Gasteiger partial charge in [-0.3, -0.25) is 5.10 Å². The summed E-state index contributed by atoms with van der Waals surface area (Å²) < 4.78 is 5.19. The Balaban J connectivity index is 1.99. The van der Waals surface area contributed by atoms with E-state index in [1.54, 1.807) is 13.3 Å². The zero-order valence-corrected chi connectivity index (χ0v) is 10.6. The van der Waals surface area contributed by atoms with Crippen LogP contribution >= 0.6 is 0 Å². The van der Waals surface area contributed by atoms with Crippen molar-refractivity contribution < 1.29 is 4.74 Å². The van der Waals surface area contributed by atoms with Crippen LogP contribution in [0.3, 0.4) is 0 Å². The van der Waals surface area contributed by atoms with E-state index in [2.05, 4.69) is 25.5 Å². The number of benzene rings is 1. The highest BCUT2D eigenvalue weighted by Gasteiger charge is 2.07. The normalized spacial score (nSPS) is 10.6. The maximum atomic E-state index is 5.19. The second-order valence-corrected chi connectivity index (χ2v) is 4.16. The number of rotatable bonds is 3. The third kappa shape index (κ3) is 2.08. The van der Waals surface area contributed by atoms with Crippen molar-refractivity contribution >= 4 is 22.5 Å². The monoisotopic (exact) mass is 255 g/mol. The fourth-order valence-electron chi connectivity index (χ4n) is 1.90. The number of aromatic nitrogens is 4. The van der Waals surface area contributed by atoms with Gasteiger partial charge in [-0.2, -0.15) is 5.10 Å². The number of ether oxygens (including phenoxy) is 1. The number of H-pyrrole nitrogens is 1. The maximum Gasteiger partial charge on any atom is 0.160 e. The Hall–Kier alpha value is -2.63. The molecule has 0 atom stereocenters. The molecule has 0 aliphatic rings. The maximum absolute atomic E-state index is 5.19. The standard InChI is InChI=1S/C13H13N5O/c1-8-5-9(19-2)3-4-11(8)17-12-10-6-16-18-13(10)15-7-14-12/h3-7H,1-2H3,(H2,14,15,16,17,18). The molecule has 1 aromatic carbocycles. The van der Waals surface area contributed by atoms with E-state index in [4.69, 9.17) is 4.74 Å². The highest BCUT2D eigenvalue weighted by Crippen LogP contribution is 2.26. The molecule has 2 heterocycles. The Morgan fingerprint density at radius 3 is 2.95 bits per heavy atom. The molecule has 0 bridgehead atoms. The first-order chi connectivity index (χ1) is 9.28. The van der Waals surface area contributed by atoms with Gasteiger partial charge in [0.25, 0.3) is 0 Å². The van der Waals surface area contributed by atoms with Crippen LogP contribution in [0.1, 0.15) is 5.56 Å². The van der Waals surface area contributed by atoms with Gasteiger partial charge in [-0.15, -0.1) is 0 Å². The van der Waals surface area contributed by atoms with Crippen LogP contribution in [0.4, 0.5) is 11.5 Å². The fraction of sp³-hybridized carbons (Fsp3) is 0.154. The third-order valence-corrected chi connectivity index (χ3v) is 2.93. The van der Waals surface area contributed by atoms with Crippen LogP contribution in [0.15, 0.2) is 30.7 Å². The fourth-order valence-corrected chi connectivity index (χ4v) is 1.90. The highest BCUT2D eigenvalue weighted by molar-refractivity contribution is 5.87. The molecule has 0 unspecified atom stereocenters. The molecule has 6 heteroatoms. The molecule has 0 saturated heterocycles. The van der Waals surface area contributed by atoms with Crippen molar-refractivity contribution in [3.8, 4) is 5.75 Å². The lowest BCUT2D eigenvalue weighted by molar-refractivity contribution is 0.414. The summed E-state index contributed by atoms with van der Waals surface area (Å²) in [6, 6.07) is 5.83. The molecular weight excluding hydrogens is 242 g/mol.